The molecule has 0 amide bonds. The minimum absolute atomic E-state index is 0.0129. The molecule has 14 nitrogen and oxygen atoms in total. The summed E-state index contributed by atoms with van der Waals surface area (Å²) in [5.41, 5.74) is 11.6. The van der Waals surface area contributed by atoms with Gasteiger partial charge < -0.3 is 31.2 Å². The summed E-state index contributed by atoms with van der Waals surface area (Å²) in [4.78, 5) is 0. The van der Waals surface area contributed by atoms with E-state index < -0.39 is 51.2 Å². The second-order valence-electron chi connectivity index (χ2n) is 7.87. The lowest BCUT2D eigenvalue weighted by molar-refractivity contribution is -0.00334. The lowest BCUT2D eigenvalue weighted by Crippen LogP contribution is -2.27. The van der Waals surface area contributed by atoms with Crippen LogP contribution in [0.1, 0.15) is 25.3 Å². The fourth-order valence-electron chi connectivity index (χ4n) is 2.43. The number of aliphatic hydroxyl groups excluding tert-OH is 2. The van der Waals surface area contributed by atoms with Crippen LogP contribution in [0.2, 0.25) is 0 Å². The number of rotatable bonds is 13. The van der Waals surface area contributed by atoms with E-state index in [9.17, 15) is 16.8 Å². The minimum atomic E-state index is -3.92. The Labute approximate surface area is 228 Å². The molecule has 2 rings (SSSR count). The van der Waals surface area contributed by atoms with E-state index in [2.05, 4.69) is 0 Å². The third-order valence-electron chi connectivity index (χ3n) is 4.51. The van der Waals surface area contributed by atoms with Crippen LogP contribution >= 0.6 is 0 Å². The first-order valence-corrected chi connectivity index (χ1v) is 14.6. The largest absolute Gasteiger partial charge is 0.455 e. The number of amidine groups is 2. The fourth-order valence-corrected chi connectivity index (χ4v) is 2.89. The van der Waals surface area contributed by atoms with Crippen molar-refractivity contribution in [2.75, 3.05) is 24.7 Å². The highest BCUT2D eigenvalue weighted by Crippen LogP contribution is 2.20. The van der Waals surface area contributed by atoms with Crippen LogP contribution in [0.4, 0.5) is 0 Å². The third kappa shape index (κ3) is 19.4. The first-order chi connectivity index (χ1) is 18.1. The maximum absolute atomic E-state index is 9.63. The summed E-state index contributed by atoms with van der Waals surface area (Å²) >= 11 is 0. The van der Waals surface area contributed by atoms with Crippen molar-refractivity contribution in [3.05, 3.63) is 60.2 Å². The van der Waals surface area contributed by atoms with Crippen molar-refractivity contribution in [1.29, 1.82) is 10.8 Å². The summed E-state index contributed by atoms with van der Waals surface area (Å²) in [5.74, 6) is 0.318. The number of nitrogens with two attached hydrogens (primary N) is 2. The quantitative estimate of drug-likeness (QED) is 0.0695. The van der Waals surface area contributed by atoms with Gasteiger partial charge in [0.05, 0.1) is 30.6 Å². The van der Waals surface area contributed by atoms with E-state index in [1.165, 1.54) is 0 Å². The van der Waals surface area contributed by atoms with Gasteiger partial charge in [-0.2, -0.15) is 16.8 Å². The molecule has 0 spiro atoms. The van der Waals surface area contributed by atoms with Crippen molar-refractivity contribution >= 4 is 31.9 Å². The van der Waals surface area contributed by atoms with Gasteiger partial charge in [-0.15, -0.1) is 0 Å². The lowest BCUT2D eigenvalue weighted by atomic mass is 10.0. The van der Waals surface area contributed by atoms with E-state index in [1.807, 2.05) is 37.3 Å². The Morgan fingerprint density at radius 1 is 0.795 bits per heavy atom. The molecule has 0 saturated heterocycles. The number of para-hydroxylation sites is 1. The molecule has 2 atom stereocenters. The van der Waals surface area contributed by atoms with Gasteiger partial charge in [-0.25, -0.2) is 0 Å². The normalized spacial score (nSPS) is 12.4. The Morgan fingerprint density at radius 3 is 1.56 bits per heavy atom. The Hall–Kier alpha value is -3.28. The Bertz CT molecular complexity index is 1180. The Balaban J connectivity index is 0.000000848. The van der Waals surface area contributed by atoms with Crippen molar-refractivity contribution in [2.24, 2.45) is 17.4 Å². The van der Waals surface area contributed by atoms with Gasteiger partial charge in [0.15, 0.2) is 0 Å². The molecule has 2 aromatic rings. The predicted octanol–water partition coefficient (Wildman–Crippen LogP) is 0.840. The van der Waals surface area contributed by atoms with Crippen LogP contribution in [0.25, 0.3) is 0 Å². The number of aliphatic hydroxyl groups is 2. The molecular weight excluding hydrogens is 556 g/mol. The molecule has 220 valence electrons. The molecule has 2 unspecified atom stereocenters. The predicted molar refractivity (Wildman–Crippen MR) is 146 cm³/mol. The highest BCUT2D eigenvalue weighted by molar-refractivity contribution is 7.86. The Morgan fingerprint density at radius 2 is 1.23 bits per heavy atom. The van der Waals surface area contributed by atoms with Crippen molar-refractivity contribution < 1.29 is 45.6 Å². The number of hydrogen-bond donors (Lipinski definition) is 8. The van der Waals surface area contributed by atoms with Crippen molar-refractivity contribution in [3.8, 4) is 11.5 Å². The third-order valence-corrected chi connectivity index (χ3v) is 5.91. The molecule has 0 aromatic heterocycles. The van der Waals surface area contributed by atoms with Gasteiger partial charge in [-0.1, -0.05) is 25.1 Å². The van der Waals surface area contributed by atoms with Crippen LogP contribution in [-0.2, 0) is 20.2 Å². The second-order valence-corrected chi connectivity index (χ2v) is 11.0. The molecule has 0 aliphatic heterocycles. The van der Waals surface area contributed by atoms with Crippen LogP contribution in [0.3, 0.4) is 0 Å². The molecule has 0 heterocycles. The molecule has 0 bridgehead atoms. The number of benzene rings is 2. The maximum Gasteiger partial charge on any atom is 0.267 e. The second kappa shape index (κ2) is 18.1. The molecule has 2 aromatic carbocycles. The summed E-state index contributed by atoms with van der Waals surface area (Å²) < 4.78 is 66.0. The highest BCUT2D eigenvalue weighted by Gasteiger charge is 2.16. The molecule has 0 radical (unpaired) electrons. The van der Waals surface area contributed by atoms with Gasteiger partial charge >= 0.3 is 0 Å². The SMILES string of the molecule is CC(CCC(Oc1ccccc1)Oc1ccc(C(=N)N)cc1)C(=N)N.O=S(=O)(O)CCO.O=S(=O)(O)CCO. The highest BCUT2D eigenvalue weighted by atomic mass is 32.2. The minimum Gasteiger partial charge on any atom is -0.455 e. The van der Waals surface area contributed by atoms with Crippen molar-refractivity contribution in [3.63, 3.8) is 0 Å². The monoisotopic (exact) mass is 592 g/mol. The molecule has 0 aliphatic carbocycles. The summed E-state index contributed by atoms with van der Waals surface area (Å²) in [6.45, 7) is 0.848. The number of nitrogen functional groups attached to an aromatic ring is 1. The zero-order valence-electron chi connectivity index (χ0n) is 21.3. The number of hydrogen-bond acceptors (Lipinski definition) is 10. The molecule has 16 heteroatoms. The summed E-state index contributed by atoms with van der Waals surface area (Å²) in [5, 5.41) is 30.7. The smallest absolute Gasteiger partial charge is 0.267 e. The van der Waals surface area contributed by atoms with E-state index in [0.717, 1.165) is 0 Å². The standard InChI is InChI=1S/C19H24N4O2.2C2H6O4S/c1-13(18(20)21)7-12-17(24-15-5-3-2-4-6-15)25-16-10-8-14(9-11-16)19(22)23;2*3-1-2-7(4,5)6/h2-6,8-11,13,17H,7,12H2,1H3,(H3,20,21)(H3,22,23);2*3H,1-2H2,(H,4,5,6). The maximum atomic E-state index is 9.63. The van der Waals surface area contributed by atoms with Gasteiger partial charge in [-0.05, 0) is 42.8 Å². The van der Waals surface area contributed by atoms with Crippen LogP contribution in [-0.4, -0.2) is 78.8 Å². The Kier molecular flexibility index (Phi) is 16.6. The van der Waals surface area contributed by atoms with Crippen LogP contribution in [0.5, 0.6) is 11.5 Å². The average Bonchev–Trinajstić information content (AvgIpc) is 2.82. The van der Waals surface area contributed by atoms with Gasteiger partial charge in [0.2, 0.25) is 6.29 Å². The van der Waals surface area contributed by atoms with Crippen molar-refractivity contribution in [2.45, 2.75) is 26.1 Å². The van der Waals surface area contributed by atoms with E-state index in [-0.39, 0.29) is 17.6 Å². The lowest BCUT2D eigenvalue weighted by Gasteiger charge is -2.22. The molecule has 0 aliphatic rings. The van der Waals surface area contributed by atoms with E-state index in [0.29, 0.717) is 29.9 Å². The van der Waals surface area contributed by atoms with Crippen LogP contribution < -0.4 is 20.9 Å². The van der Waals surface area contributed by atoms with Gasteiger partial charge in [0.1, 0.15) is 17.3 Å². The topological polar surface area (TPSA) is 267 Å². The van der Waals surface area contributed by atoms with Crippen LogP contribution in [0.15, 0.2) is 54.6 Å². The van der Waals surface area contributed by atoms with E-state index in [4.69, 9.17) is 51.1 Å². The number of ether oxygens (including phenoxy) is 2. The first kappa shape index (κ1) is 35.7. The molecule has 10 N–H and O–H groups in total. The number of nitrogens with one attached hydrogen (secondary N) is 2. The fraction of sp³-hybridized carbons (Fsp3) is 0.391. The molecule has 39 heavy (non-hydrogen) atoms. The molecule has 0 saturated carbocycles. The van der Waals surface area contributed by atoms with Gasteiger partial charge in [-0.3, -0.25) is 19.9 Å². The molecular formula is C23H36N4O10S2. The molecule has 0 fully saturated rings. The van der Waals surface area contributed by atoms with E-state index >= 15 is 0 Å². The first-order valence-electron chi connectivity index (χ1n) is 11.4. The zero-order chi connectivity index (χ0) is 30.1. The van der Waals surface area contributed by atoms with Gasteiger partial charge in [0.25, 0.3) is 20.2 Å². The average molecular weight is 593 g/mol. The summed E-state index contributed by atoms with van der Waals surface area (Å²) in [6, 6.07) is 16.4. The van der Waals surface area contributed by atoms with E-state index in [1.54, 1.807) is 24.3 Å². The van der Waals surface area contributed by atoms with Crippen molar-refractivity contribution in [1.82, 2.24) is 0 Å². The van der Waals surface area contributed by atoms with Crippen LogP contribution in [0, 0.1) is 16.7 Å². The van der Waals surface area contributed by atoms with Gasteiger partial charge in [0, 0.05) is 17.9 Å². The zero-order valence-corrected chi connectivity index (χ0v) is 22.9. The summed E-state index contributed by atoms with van der Waals surface area (Å²) in [7, 11) is -7.85. The summed E-state index contributed by atoms with van der Waals surface area (Å²) in [6.07, 6.45) is 0.759.